The fourth-order valence-electron chi connectivity index (χ4n) is 3.58. The Morgan fingerprint density at radius 2 is 1.64 bits per heavy atom. The number of rotatable bonds is 8. The largest absolute Gasteiger partial charge is 0.494 e. The van der Waals surface area contributed by atoms with E-state index in [1.165, 1.54) is 37.1 Å². The van der Waals surface area contributed by atoms with Gasteiger partial charge in [0.2, 0.25) is 0 Å². The van der Waals surface area contributed by atoms with Crippen molar-refractivity contribution in [1.29, 1.82) is 0 Å². The number of benzene rings is 2. The van der Waals surface area contributed by atoms with Crippen molar-refractivity contribution in [3.8, 4) is 5.75 Å². The van der Waals surface area contributed by atoms with Gasteiger partial charge in [-0.3, -0.25) is 9.52 Å². The number of amides is 1. The molecule has 4 rings (SSSR count). The van der Waals surface area contributed by atoms with Crippen LogP contribution < -0.4 is 19.7 Å². The number of nitrogens with one attached hydrogen (secondary N) is 2. The molecular weight excluding hydrogens is 440 g/mol. The van der Waals surface area contributed by atoms with Crippen LogP contribution in [0.1, 0.15) is 30.1 Å². The molecule has 1 saturated heterocycles. The first-order valence-electron chi connectivity index (χ1n) is 10.8. The summed E-state index contributed by atoms with van der Waals surface area (Å²) in [4.78, 5) is 19.3. The van der Waals surface area contributed by atoms with E-state index in [2.05, 4.69) is 19.9 Å². The van der Waals surface area contributed by atoms with Crippen LogP contribution in [0.4, 0.5) is 17.2 Å². The Kier molecular flexibility index (Phi) is 6.79. The fourth-order valence-corrected chi connectivity index (χ4v) is 4.64. The van der Waals surface area contributed by atoms with Gasteiger partial charge in [0.05, 0.1) is 23.4 Å². The van der Waals surface area contributed by atoms with E-state index in [1.807, 2.05) is 19.1 Å². The van der Waals surface area contributed by atoms with Crippen LogP contribution in [-0.4, -0.2) is 39.0 Å². The van der Waals surface area contributed by atoms with E-state index in [9.17, 15) is 13.2 Å². The highest BCUT2D eigenvalue weighted by atomic mass is 32.2. The Bertz CT molecular complexity index is 1190. The van der Waals surface area contributed by atoms with E-state index in [4.69, 9.17) is 4.74 Å². The van der Waals surface area contributed by atoms with Gasteiger partial charge in [-0.15, -0.1) is 0 Å². The second-order valence-electron chi connectivity index (χ2n) is 7.64. The van der Waals surface area contributed by atoms with Crippen molar-refractivity contribution in [1.82, 2.24) is 4.98 Å². The van der Waals surface area contributed by atoms with Gasteiger partial charge in [-0.25, -0.2) is 13.4 Å². The standard InChI is InChI=1S/C24H26N4O4S/c1-2-32-21-10-7-19(8-11-21)27-33(30,31)22-12-5-18(6-13-22)24(29)26-20-9-14-23(25-17-20)28-15-3-4-16-28/h5-14,17,27H,2-4,15-16H2,1H3,(H,26,29). The zero-order chi connectivity index (χ0) is 23.3. The van der Waals surface area contributed by atoms with Crippen molar-refractivity contribution in [3.05, 3.63) is 72.4 Å². The maximum absolute atomic E-state index is 12.7. The number of ether oxygens (including phenoxy) is 1. The minimum Gasteiger partial charge on any atom is -0.494 e. The van der Waals surface area contributed by atoms with Crippen LogP contribution in [0.5, 0.6) is 5.75 Å². The second kappa shape index (κ2) is 9.91. The summed E-state index contributed by atoms with van der Waals surface area (Å²) in [7, 11) is -3.79. The first-order valence-corrected chi connectivity index (χ1v) is 12.3. The molecule has 0 radical (unpaired) electrons. The molecule has 1 fully saturated rings. The normalized spacial score (nSPS) is 13.5. The van der Waals surface area contributed by atoms with Gasteiger partial charge in [-0.05, 0) is 80.4 Å². The van der Waals surface area contributed by atoms with Crippen molar-refractivity contribution in [2.24, 2.45) is 0 Å². The second-order valence-corrected chi connectivity index (χ2v) is 9.32. The molecule has 9 heteroatoms. The Labute approximate surface area is 193 Å². The first-order chi connectivity index (χ1) is 15.9. The molecule has 2 N–H and O–H groups in total. The highest BCUT2D eigenvalue weighted by molar-refractivity contribution is 7.92. The van der Waals surface area contributed by atoms with Gasteiger partial charge in [0.25, 0.3) is 15.9 Å². The Balaban J connectivity index is 1.38. The lowest BCUT2D eigenvalue weighted by Crippen LogP contribution is -2.19. The number of carbonyl (C=O) groups is 1. The SMILES string of the molecule is CCOc1ccc(NS(=O)(=O)c2ccc(C(=O)Nc3ccc(N4CCCC4)nc3)cc2)cc1. The van der Waals surface area contributed by atoms with Gasteiger partial charge >= 0.3 is 0 Å². The van der Waals surface area contributed by atoms with E-state index in [0.717, 1.165) is 18.9 Å². The molecule has 1 amide bonds. The summed E-state index contributed by atoms with van der Waals surface area (Å²) >= 11 is 0. The zero-order valence-electron chi connectivity index (χ0n) is 18.3. The van der Waals surface area contributed by atoms with Crippen LogP contribution in [-0.2, 0) is 10.0 Å². The monoisotopic (exact) mass is 466 g/mol. The molecule has 172 valence electrons. The van der Waals surface area contributed by atoms with E-state index in [0.29, 0.717) is 29.3 Å². The number of anilines is 3. The lowest BCUT2D eigenvalue weighted by molar-refractivity contribution is 0.102. The molecule has 0 bridgehead atoms. The lowest BCUT2D eigenvalue weighted by atomic mass is 10.2. The molecule has 0 spiro atoms. The summed E-state index contributed by atoms with van der Waals surface area (Å²) < 4.78 is 33.2. The predicted octanol–water partition coefficient (Wildman–Crippen LogP) is 4.13. The van der Waals surface area contributed by atoms with Gasteiger partial charge in [0.15, 0.2) is 0 Å². The van der Waals surface area contributed by atoms with Gasteiger partial charge < -0.3 is 15.0 Å². The summed E-state index contributed by atoms with van der Waals surface area (Å²) in [6.45, 7) is 4.41. The first kappa shape index (κ1) is 22.6. The molecule has 1 aliphatic heterocycles. The van der Waals surface area contributed by atoms with Crippen molar-refractivity contribution >= 4 is 33.1 Å². The highest BCUT2D eigenvalue weighted by Crippen LogP contribution is 2.21. The minimum absolute atomic E-state index is 0.0598. The number of pyridine rings is 1. The molecule has 0 unspecified atom stereocenters. The lowest BCUT2D eigenvalue weighted by Gasteiger charge is -2.16. The van der Waals surface area contributed by atoms with E-state index >= 15 is 0 Å². The number of sulfonamides is 1. The molecule has 3 aromatic rings. The zero-order valence-corrected chi connectivity index (χ0v) is 19.1. The van der Waals surface area contributed by atoms with Crippen molar-refractivity contribution < 1.29 is 17.9 Å². The maximum Gasteiger partial charge on any atom is 0.261 e. The number of carbonyl (C=O) groups excluding carboxylic acids is 1. The molecule has 0 saturated carbocycles. The fraction of sp³-hybridized carbons (Fsp3) is 0.250. The van der Waals surface area contributed by atoms with E-state index in [1.54, 1.807) is 30.5 Å². The van der Waals surface area contributed by atoms with Gasteiger partial charge in [0.1, 0.15) is 11.6 Å². The number of aromatic nitrogens is 1. The predicted molar refractivity (Wildman–Crippen MR) is 128 cm³/mol. The third-order valence-electron chi connectivity index (χ3n) is 5.28. The van der Waals surface area contributed by atoms with Crippen LogP contribution in [0.25, 0.3) is 0 Å². The number of nitrogens with zero attached hydrogens (tertiary/aromatic N) is 2. The summed E-state index contributed by atoms with van der Waals surface area (Å²) in [5, 5.41) is 2.79. The van der Waals surface area contributed by atoms with Gasteiger partial charge in [0, 0.05) is 24.3 Å². The smallest absolute Gasteiger partial charge is 0.261 e. The van der Waals surface area contributed by atoms with Gasteiger partial charge in [-0.1, -0.05) is 0 Å². The van der Waals surface area contributed by atoms with E-state index < -0.39 is 10.0 Å². The third-order valence-corrected chi connectivity index (χ3v) is 6.68. The molecule has 0 aliphatic carbocycles. The van der Waals surface area contributed by atoms with Crippen molar-refractivity contribution in [2.75, 3.05) is 34.6 Å². The minimum atomic E-state index is -3.79. The molecule has 8 nitrogen and oxygen atoms in total. The quantitative estimate of drug-likeness (QED) is 0.518. The summed E-state index contributed by atoms with van der Waals surface area (Å²) in [5.41, 5.74) is 1.35. The Morgan fingerprint density at radius 1 is 0.970 bits per heavy atom. The Morgan fingerprint density at radius 3 is 2.24 bits per heavy atom. The molecular formula is C24H26N4O4S. The van der Waals surface area contributed by atoms with E-state index in [-0.39, 0.29) is 10.8 Å². The summed E-state index contributed by atoms with van der Waals surface area (Å²) in [6.07, 6.45) is 3.97. The molecule has 2 aromatic carbocycles. The topological polar surface area (TPSA) is 101 Å². The summed E-state index contributed by atoms with van der Waals surface area (Å²) in [5.74, 6) is 1.23. The Hall–Kier alpha value is -3.59. The van der Waals surface area contributed by atoms with Crippen molar-refractivity contribution in [2.45, 2.75) is 24.7 Å². The molecule has 33 heavy (non-hydrogen) atoms. The average Bonchev–Trinajstić information content (AvgIpc) is 3.36. The molecule has 1 aliphatic rings. The molecule has 0 atom stereocenters. The molecule has 1 aromatic heterocycles. The van der Waals surface area contributed by atoms with Crippen LogP contribution in [0.3, 0.4) is 0 Å². The third kappa shape index (κ3) is 5.61. The summed E-state index contributed by atoms with van der Waals surface area (Å²) in [6, 6.07) is 16.1. The van der Waals surface area contributed by atoms with Crippen LogP contribution in [0.15, 0.2) is 71.8 Å². The highest BCUT2D eigenvalue weighted by Gasteiger charge is 2.16. The molecule has 2 heterocycles. The average molecular weight is 467 g/mol. The van der Waals surface area contributed by atoms with Gasteiger partial charge in [-0.2, -0.15) is 0 Å². The maximum atomic E-state index is 12.7. The number of hydrogen-bond acceptors (Lipinski definition) is 6. The van der Waals surface area contributed by atoms with Crippen LogP contribution >= 0.6 is 0 Å². The van der Waals surface area contributed by atoms with Crippen LogP contribution in [0.2, 0.25) is 0 Å². The van der Waals surface area contributed by atoms with Crippen molar-refractivity contribution in [3.63, 3.8) is 0 Å². The number of hydrogen-bond donors (Lipinski definition) is 2. The van der Waals surface area contributed by atoms with Crippen LogP contribution in [0, 0.1) is 0 Å².